The molecule has 134 valence electrons. The Bertz CT molecular complexity index is 671. The number of nitrogens with zero attached hydrogens (tertiary/aromatic N) is 1. The van der Waals surface area contributed by atoms with Crippen molar-refractivity contribution in [3.63, 3.8) is 0 Å². The fourth-order valence-corrected chi connectivity index (χ4v) is 4.47. The fourth-order valence-electron chi connectivity index (χ4n) is 2.88. The number of hydrogen-bond donors (Lipinski definition) is 2. The first-order valence-electron chi connectivity index (χ1n) is 8.15. The lowest BCUT2D eigenvalue weighted by Crippen LogP contribution is -2.50. The van der Waals surface area contributed by atoms with Crippen molar-refractivity contribution in [1.82, 2.24) is 14.9 Å². The molecule has 1 aromatic rings. The maximum absolute atomic E-state index is 12.7. The van der Waals surface area contributed by atoms with Gasteiger partial charge in [0.15, 0.2) is 0 Å². The van der Waals surface area contributed by atoms with Crippen LogP contribution in [-0.4, -0.2) is 44.8 Å². The topological polar surface area (TPSA) is 78.5 Å². The van der Waals surface area contributed by atoms with Gasteiger partial charge < -0.3 is 10.6 Å². The highest BCUT2D eigenvalue weighted by molar-refractivity contribution is 7.89. The summed E-state index contributed by atoms with van der Waals surface area (Å²) in [6.45, 7) is 2.99. The summed E-state index contributed by atoms with van der Waals surface area (Å²) in [6.07, 6.45) is 2.93. The van der Waals surface area contributed by atoms with Crippen LogP contribution < -0.4 is 10.6 Å². The van der Waals surface area contributed by atoms with E-state index in [2.05, 4.69) is 10.6 Å². The van der Waals surface area contributed by atoms with Crippen molar-refractivity contribution >= 4 is 28.3 Å². The van der Waals surface area contributed by atoms with Gasteiger partial charge in [-0.05, 0) is 30.5 Å². The van der Waals surface area contributed by atoms with Crippen LogP contribution >= 0.6 is 12.4 Å². The van der Waals surface area contributed by atoms with Crippen molar-refractivity contribution in [3.05, 3.63) is 29.8 Å². The lowest BCUT2D eigenvalue weighted by molar-refractivity contribution is -0.126. The van der Waals surface area contributed by atoms with Crippen molar-refractivity contribution in [3.8, 4) is 0 Å². The molecule has 2 fully saturated rings. The van der Waals surface area contributed by atoms with E-state index in [1.165, 1.54) is 0 Å². The molecule has 0 aromatic heterocycles. The number of piperidine rings is 1. The first kappa shape index (κ1) is 19.2. The third-order valence-corrected chi connectivity index (χ3v) is 6.36. The Morgan fingerprint density at radius 2 is 1.92 bits per heavy atom. The first-order valence-corrected chi connectivity index (χ1v) is 9.59. The molecule has 2 N–H and O–H groups in total. The fraction of sp³-hybridized carbons (Fsp3) is 0.562. The second kappa shape index (κ2) is 8.29. The van der Waals surface area contributed by atoms with Gasteiger partial charge in [-0.15, -0.1) is 12.4 Å². The highest BCUT2D eigenvalue weighted by Gasteiger charge is 2.26. The second-order valence-electron chi connectivity index (χ2n) is 6.19. The molecule has 2 aliphatic heterocycles. The number of nitrogens with one attached hydrogen (secondary N) is 2. The van der Waals surface area contributed by atoms with Crippen molar-refractivity contribution < 1.29 is 13.2 Å². The summed E-state index contributed by atoms with van der Waals surface area (Å²) >= 11 is 0. The van der Waals surface area contributed by atoms with Gasteiger partial charge in [0, 0.05) is 32.7 Å². The number of sulfonamides is 1. The number of rotatable bonds is 5. The van der Waals surface area contributed by atoms with Crippen LogP contribution in [0.2, 0.25) is 0 Å². The van der Waals surface area contributed by atoms with E-state index >= 15 is 0 Å². The summed E-state index contributed by atoms with van der Waals surface area (Å²) in [6, 6.07) is 6.88. The van der Waals surface area contributed by atoms with E-state index in [0.29, 0.717) is 24.5 Å². The predicted octanol–water partition coefficient (Wildman–Crippen LogP) is 1.12. The Hall–Kier alpha value is -1.15. The monoisotopic (exact) mass is 373 g/mol. The van der Waals surface area contributed by atoms with Gasteiger partial charge in [0.1, 0.15) is 0 Å². The van der Waals surface area contributed by atoms with E-state index in [4.69, 9.17) is 0 Å². The minimum Gasteiger partial charge on any atom is -0.352 e. The number of carbonyl (C=O) groups excluding carboxylic acids is 1. The standard InChI is InChI=1S/C16H23N3O3S.ClH/c20-16(14-11-17-12-14)18-10-13-5-4-6-15(9-13)23(21,22)19-7-2-1-3-8-19;/h4-6,9,14,17H,1-3,7-8,10-12H2,(H,18,20);1H. The minimum atomic E-state index is -3.42. The van der Waals surface area contributed by atoms with Crippen molar-refractivity contribution in [1.29, 1.82) is 0 Å². The van der Waals surface area contributed by atoms with E-state index in [9.17, 15) is 13.2 Å². The minimum absolute atomic E-state index is 0. The molecule has 2 heterocycles. The number of hydrogen-bond acceptors (Lipinski definition) is 4. The second-order valence-corrected chi connectivity index (χ2v) is 8.12. The van der Waals surface area contributed by atoms with Crippen molar-refractivity contribution in [2.75, 3.05) is 26.2 Å². The molecular formula is C16H24ClN3O3S. The van der Waals surface area contributed by atoms with Gasteiger partial charge in [0.2, 0.25) is 15.9 Å². The Balaban J connectivity index is 0.00000208. The number of carbonyl (C=O) groups is 1. The summed E-state index contributed by atoms with van der Waals surface area (Å²) in [7, 11) is -3.42. The molecule has 2 saturated heterocycles. The van der Waals surface area contributed by atoms with Gasteiger partial charge in [0.25, 0.3) is 0 Å². The molecule has 0 saturated carbocycles. The van der Waals surface area contributed by atoms with Gasteiger partial charge in [-0.1, -0.05) is 18.6 Å². The zero-order valence-electron chi connectivity index (χ0n) is 13.5. The smallest absolute Gasteiger partial charge is 0.243 e. The average molecular weight is 374 g/mol. The molecule has 2 aliphatic rings. The number of halogens is 1. The zero-order chi connectivity index (χ0) is 16.3. The van der Waals surface area contributed by atoms with Gasteiger partial charge in [0.05, 0.1) is 10.8 Å². The molecule has 0 unspecified atom stereocenters. The van der Waals surface area contributed by atoms with Crippen molar-refractivity contribution in [2.24, 2.45) is 5.92 Å². The SMILES string of the molecule is Cl.O=C(NCc1cccc(S(=O)(=O)N2CCCCC2)c1)C1CNC1. The Morgan fingerprint density at radius 3 is 2.54 bits per heavy atom. The molecule has 3 rings (SSSR count). The summed E-state index contributed by atoms with van der Waals surface area (Å²) in [5.74, 6) is 0.0586. The number of benzene rings is 1. The molecule has 6 nitrogen and oxygen atoms in total. The highest BCUT2D eigenvalue weighted by atomic mass is 35.5. The average Bonchev–Trinajstić information content (AvgIpc) is 2.52. The maximum Gasteiger partial charge on any atom is 0.243 e. The van der Waals surface area contributed by atoms with E-state index < -0.39 is 10.0 Å². The molecule has 8 heteroatoms. The van der Waals surface area contributed by atoms with E-state index in [1.54, 1.807) is 22.5 Å². The van der Waals surface area contributed by atoms with E-state index in [1.807, 2.05) is 6.07 Å². The Labute approximate surface area is 149 Å². The third kappa shape index (κ3) is 4.27. The molecule has 1 aromatic carbocycles. The quantitative estimate of drug-likeness (QED) is 0.810. The molecule has 0 bridgehead atoms. The number of amides is 1. The summed E-state index contributed by atoms with van der Waals surface area (Å²) in [5.41, 5.74) is 0.809. The lowest BCUT2D eigenvalue weighted by atomic mass is 10.0. The van der Waals surface area contributed by atoms with Crippen LogP contribution in [0.15, 0.2) is 29.2 Å². The Morgan fingerprint density at radius 1 is 1.21 bits per heavy atom. The first-order chi connectivity index (χ1) is 11.1. The molecule has 0 atom stereocenters. The van der Waals surface area contributed by atoms with Crippen molar-refractivity contribution in [2.45, 2.75) is 30.7 Å². The van der Waals surface area contributed by atoms with E-state index in [0.717, 1.165) is 37.9 Å². The summed E-state index contributed by atoms with van der Waals surface area (Å²) in [4.78, 5) is 12.2. The van der Waals surface area contributed by atoms with Crippen LogP contribution in [0.4, 0.5) is 0 Å². The van der Waals surface area contributed by atoms with Crippen LogP contribution in [0.1, 0.15) is 24.8 Å². The molecule has 0 radical (unpaired) electrons. The molecule has 24 heavy (non-hydrogen) atoms. The van der Waals surface area contributed by atoms with Crippen LogP contribution in [0.5, 0.6) is 0 Å². The van der Waals surface area contributed by atoms with Crippen LogP contribution in [0, 0.1) is 5.92 Å². The third-order valence-electron chi connectivity index (χ3n) is 4.47. The summed E-state index contributed by atoms with van der Waals surface area (Å²) < 4.78 is 26.9. The van der Waals surface area contributed by atoms with Crippen LogP contribution in [0.25, 0.3) is 0 Å². The van der Waals surface area contributed by atoms with Crippen LogP contribution in [0.3, 0.4) is 0 Å². The predicted molar refractivity (Wildman–Crippen MR) is 94.5 cm³/mol. The largest absolute Gasteiger partial charge is 0.352 e. The molecule has 1 amide bonds. The highest BCUT2D eigenvalue weighted by Crippen LogP contribution is 2.21. The zero-order valence-corrected chi connectivity index (χ0v) is 15.2. The summed E-state index contributed by atoms with van der Waals surface area (Å²) in [5, 5.41) is 5.93. The van der Waals surface area contributed by atoms with Gasteiger partial charge in [-0.2, -0.15) is 4.31 Å². The van der Waals surface area contributed by atoms with Crippen LogP contribution in [-0.2, 0) is 21.4 Å². The molecule has 0 spiro atoms. The maximum atomic E-state index is 12.7. The normalized spacial score (nSPS) is 19.2. The lowest BCUT2D eigenvalue weighted by Gasteiger charge is -2.26. The molecular weight excluding hydrogens is 350 g/mol. The van der Waals surface area contributed by atoms with Gasteiger partial charge >= 0.3 is 0 Å². The van der Waals surface area contributed by atoms with E-state index in [-0.39, 0.29) is 24.2 Å². The van der Waals surface area contributed by atoms with Gasteiger partial charge in [-0.25, -0.2) is 8.42 Å². The Kier molecular flexibility index (Phi) is 6.62. The van der Waals surface area contributed by atoms with Gasteiger partial charge in [-0.3, -0.25) is 4.79 Å². The molecule has 0 aliphatic carbocycles.